The molecule has 3 unspecified atom stereocenters. The third kappa shape index (κ3) is 3.46. The van der Waals surface area contributed by atoms with Crippen molar-refractivity contribution in [2.24, 2.45) is 0 Å². The predicted octanol–water partition coefficient (Wildman–Crippen LogP) is 1.43. The lowest BCUT2D eigenvalue weighted by Gasteiger charge is -2.21. The summed E-state index contributed by atoms with van der Waals surface area (Å²) in [6.07, 6.45) is 5.87. The summed E-state index contributed by atoms with van der Waals surface area (Å²) in [5, 5.41) is 16.3. The van der Waals surface area contributed by atoms with Crippen molar-refractivity contribution in [3.05, 3.63) is 5.82 Å². The lowest BCUT2D eigenvalue weighted by Crippen LogP contribution is -2.28. The highest BCUT2D eigenvalue weighted by molar-refractivity contribution is 7.99. The van der Waals surface area contributed by atoms with Crippen LogP contribution in [0.15, 0.2) is 0 Å². The van der Waals surface area contributed by atoms with Crippen molar-refractivity contribution < 1.29 is 4.74 Å². The fraction of sp³-hybridized carbons (Fsp3) is 0.917. The number of methoxy groups -OCH3 is 1. The average Bonchev–Trinajstić information content (AvgIpc) is 3.06. The Balaban J connectivity index is 2.04. The van der Waals surface area contributed by atoms with Gasteiger partial charge in [-0.25, -0.2) is 4.68 Å². The van der Waals surface area contributed by atoms with E-state index in [1.165, 1.54) is 19.3 Å². The van der Waals surface area contributed by atoms with E-state index >= 15 is 0 Å². The monoisotopic (exact) mass is 285 g/mol. The number of nitrogens with zero attached hydrogens (tertiary/aromatic N) is 4. The minimum absolute atomic E-state index is 0.147. The van der Waals surface area contributed by atoms with Crippen LogP contribution in [-0.4, -0.2) is 52.0 Å². The van der Waals surface area contributed by atoms with E-state index in [-0.39, 0.29) is 6.04 Å². The van der Waals surface area contributed by atoms with Crippen LogP contribution in [0.25, 0.3) is 0 Å². The summed E-state index contributed by atoms with van der Waals surface area (Å²) >= 11 is 1.92. The molecule has 1 aliphatic rings. The molecule has 0 amide bonds. The molecule has 1 heterocycles. The van der Waals surface area contributed by atoms with E-state index in [0.717, 1.165) is 12.4 Å². The summed E-state index contributed by atoms with van der Waals surface area (Å²) in [6.45, 7) is 3.60. The van der Waals surface area contributed by atoms with Crippen LogP contribution in [0.3, 0.4) is 0 Å². The van der Waals surface area contributed by atoms with Gasteiger partial charge in [0.2, 0.25) is 0 Å². The van der Waals surface area contributed by atoms with Gasteiger partial charge in [0, 0.05) is 18.9 Å². The number of thioether (sulfide) groups is 1. The summed E-state index contributed by atoms with van der Waals surface area (Å²) in [5.74, 6) is 0.932. The van der Waals surface area contributed by atoms with E-state index in [1.807, 2.05) is 16.4 Å². The van der Waals surface area contributed by atoms with Gasteiger partial charge in [0.1, 0.15) is 0 Å². The highest BCUT2D eigenvalue weighted by Gasteiger charge is 2.31. The zero-order chi connectivity index (χ0) is 13.7. The van der Waals surface area contributed by atoms with Crippen molar-refractivity contribution >= 4 is 11.8 Å². The smallest absolute Gasteiger partial charge is 0.168 e. The molecular formula is C12H23N5OS. The zero-order valence-electron chi connectivity index (χ0n) is 11.9. The van der Waals surface area contributed by atoms with Crippen LogP contribution >= 0.6 is 11.8 Å². The molecule has 0 radical (unpaired) electrons. The standard InChI is InChI=1S/C12H23N5OS/c1-9(13-7-8-18-2)12-14-15-16-17(12)10-5-4-6-11(10)19-3/h9-11,13H,4-8H2,1-3H3. The zero-order valence-corrected chi connectivity index (χ0v) is 12.7. The number of aromatic nitrogens is 4. The van der Waals surface area contributed by atoms with Crippen LogP contribution in [0, 0.1) is 0 Å². The van der Waals surface area contributed by atoms with Gasteiger partial charge in [-0.15, -0.1) is 5.10 Å². The summed E-state index contributed by atoms with van der Waals surface area (Å²) < 4.78 is 7.08. The predicted molar refractivity (Wildman–Crippen MR) is 76.3 cm³/mol. The summed E-state index contributed by atoms with van der Waals surface area (Å²) in [7, 11) is 1.71. The van der Waals surface area contributed by atoms with Crippen molar-refractivity contribution in [2.45, 2.75) is 43.5 Å². The van der Waals surface area contributed by atoms with Crippen LogP contribution < -0.4 is 5.32 Å². The van der Waals surface area contributed by atoms with Gasteiger partial charge in [-0.2, -0.15) is 11.8 Å². The van der Waals surface area contributed by atoms with Crippen molar-refractivity contribution in [1.29, 1.82) is 0 Å². The summed E-state index contributed by atoms with van der Waals surface area (Å²) in [6, 6.07) is 0.583. The molecule has 1 aromatic heterocycles. The number of nitrogens with one attached hydrogen (secondary N) is 1. The molecule has 0 saturated heterocycles. The molecule has 3 atom stereocenters. The Labute approximate surface area is 118 Å². The van der Waals surface area contributed by atoms with Crippen molar-refractivity contribution in [3.63, 3.8) is 0 Å². The highest BCUT2D eigenvalue weighted by atomic mass is 32.2. The van der Waals surface area contributed by atoms with Gasteiger partial charge in [-0.05, 0) is 36.4 Å². The first-order chi connectivity index (χ1) is 9.27. The Bertz CT molecular complexity index is 386. The van der Waals surface area contributed by atoms with E-state index in [9.17, 15) is 0 Å². The lowest BCUT2D eigenvalue weighted by atomic mass is 10.2. The number of hydrogen-bond donors (Lipinski definition) is 1. The molecule has 2 rings (SSSR count). The second-order valence-electron chi connectivity index (χ2n) is 4.92. The first-order valence-corrected chi connectivity index (χ1v) is 8.09. The minimum atomic E-state index is 0.147. The molecular weight excluding hydrogens is 262 g/mol. The largest absolute Gasteiger partial charge is 0.383 e. The Morgan fingerprint density at radius 2 is 2.37 bits per heavy atom. The molecule has 1 saturated carbocycles. The van der Waals surface area contributed by atoms with Gasteiger partial charge in [0.15, 0.2) is 5.82 Å². The molecule has 1 fully saturated rings. The Morgan fingerprint density at radius 3 is 3.11 bits per heavy atom. The van der Waals surface area contributed by atoms with Gasteiger partial charge in [-0.1, -0.05) is 6.42 Å². The quantitative estimate of drug-likeness (QED) is 0.765. The van der Waals surface area contributed by atoms with Crippen LogP contribution in [0.2, 0.25) is 0 Å². The number of tetrazole rings is 1. The van der Waals surface area contributed by atoms with Crippen molar-refractivity contribution in [2.75, 3.05) is 26.5 Å². The van der Waals surface area contributed by atoms with Crippen molar-refractivity contribution in [3.8, 4) is 0 Å². The Hall–Kier alpha value is -0.660. The van der Waals surface area contributed by atoms with Gasteiger partial charge < -0.3 is 10.1 Å². The van der Waals surface area contributed by atoms with Crippen molar-refractivity contribution in [1.82, 2.24) is 25.5 Å². The fourth-order valence-corrected chi connectivity index (χ4v) is 3.62. The maximum Gasteiger partial charge on any atom is 0.168 e. The van der Waals surface area contributed by atoms with Crippen LogP contribution in [0.4, 0.5) is 0 Å². The van der Waals surface area contributed by atoms with Gasteiger partial charge in [-0.3, -0.25) is 0 Å². The second-order valence-corrected chi connectivity index (χ2v) is 6.00. The number of hydrogen-bond acceptors (Lipinski definition) is 6. The molecule has 7 heteroatoms. The molecule has 0 bridgehead atoms. The summed E-state index contributed by atoms with van der Waals surface area (Å²) in [5.41, 5.74) is 0. The van der Waals surface area contributed by atoms with E-state index in [4.69, 9.17) is 4.74 Å². The summed E-state index contributed by atoms with van der Waals surface area (Å²) in [4.78, 5) is 0. The first kappa shape index (κ1) is 14.7. The second kappa shape index (κ2) is 7.21. The first-order valence-electron chi connectivity index (χ1n) is 6.80. The number of ether oxygens (including phenoxy) is 1. The maximum absolute atomic E-state index is 5.05. The topological polar surface area (TPSA) is 64.9 Å². The minimum Gasteiger partial charge on any atom is -0.383 e. The molecule has 108 valence electrons. The molecule has 6 nitrogen and oxygen atoms in total. The fourth-order valence-electron chi connectivity index (χ4n) is 2.65. The molecule has 0 aliphatic heterocycles. The van der Waals surface area contributed by atoms with Gasteiger partial charge >= 0.3 is 0 Å². The van der Waals surface area contributed by atoms with Crippen LogP contribution in [0.1, 0.15) is 44.1 Å². The van der Waals surface area contributed by atoms with Gasteiger partial charge in [0.25, 0.3) is 0 Å². The lowest BCUT2D eigenvalue weighted by molar-refractivity contribution is 0.195. The molecule has 0 spiro atoms. The average molecular weight is 285 g/mol. The van der Waals surface area contributed by atoms with Crippen LogP contribution in [-0.2, 0) is 4.74 Å². The number of rotatable bonds is 7. The van der Waals surface area contributed by atoms with E-state index in [0.29, 0.717) is 17.9 Å². The molecule has 0 aromatic carbocycles. The van der Waals surface area contributed by atoms with Gasteiger partial charge in [0.05, 0.1) is 18.7 Å². The third-order valence-electron chi connectivity index (χ3n) is 3.70. The highest BCUT2D eigenvalue weighted by Crippen LogP contribution is 2.37. The third-order valence-corrected chi connectivity index (χ3v) is 4.85. The van der Waals surface area contributed by atoms with E-state index < -0.39 is 0 Å². The van der Waals surface area contributed by atoms with Crippen LogP contribution in [0.5, 0.6) is 0 Å². The maximum atomic E-state index is 5.05. The molecule has 19 heavy (non-hydrogen) atoms. The SMILES string of the molecule is COCCNC(C)c1nnnn1C1CCCC1SC. The molecule has 1 aliphatic carbocycles. The Morgan fingerprint density at radius 1 is 1.53 bits per heavy atom. The normalized spacial score (nSPS) is 24.8. The van der Waals surface area contributed by atoms with E-state index in [2.05, 4.69) is 34.0 Å². The Kier molecular flexibility index (Phi) is 5.59. The molecule has 1 N–H and O–H groups in total. The molecule has 1 aromatic rings. The van der Waals surface area contributed by atoms with E-state index in [1.54, 1.807) is 7.11 Å².